The Morgan fingerprint density at radius 1 is 0.329 bits per heavy atom. The topological polar surface area (TPSA) is 237 Å². The molecule has 0 aromatic rings. The van der Waals surface area contributed by atoms with Gasteiger partial charge in [-0.05, 0) is 37.5 Å². The second-order valence-corrected chi connectivity index (χ2v) is 26.7. The molecule has 0 aliphatic rings. The molecular weight excluding hydrogens is 1090 g/mol. The van der Waals surface area contributed by atoms with Gasteiger partial charge in [0.1, 0.15) is 19.3 Å². The van der Waals surface area contributed by atoms with E-state index in [9.17, 15) is 43.2 Å². The number of rotatable bonds is 62. The summed E-state index contributed by atoms with van der Waals surface area (Å²) in [7, 11) is -9.88. The number of hydrogen-bond acceptors (Lipinski definition) is 15. The zero-order chi connectivity index (χ0) is 60.8. The van der Waals surface area contributed by atoms with Crippen LogP contribution < -0.4 is 0 Å². The van der Waals surface area contributed by atoms with Gasteiger partial charge in [-0.2, -0.15) is 0 Å². The van der Waals surface area contributed by atoms with E-state index in [1.54, 1.807) is 0 Å². The minimum atomic E-state index is -4.94. The van der Waals surface area contributed by atoms with Gasteiger partial charge in [-0.25, -0.2) is 9.13 Å². The highest BCUT2D eigenvalue weighted by molar-refractivity contribution is 7.47. The van der Waals surface area contributed by atoms with E-state index in [2.05, 4.69) is 41.5 Å². The molecule has 17 nitrogen and oxygen atoms in total. The second kappa shape index (κ2) is 55.6. The molecule has 0 rings (SSSR count). The second-order valence-electron chi connectivity index (χ2n) is 23.7. The first-order chi connectivity index (χ1) is 39.4. The van der Waals surface area contributed by atoms with Gasteiger partial charge < -0.3 is 33.8 Å². The normalized spacial score (nSPS) is 14.3. The highest BCUT2D eigenvalue weighted by Crippen LogP contribution is 2.45. The summed E-state index contributed by atoms with van der Waals surface area (Å²) >= 11 is 0. The molecule has 0 aromatic heterocycles. The maximum atomic E-state index is 13.0. The van der Waals surface area contributed by atoms with Gasteiger partial charge in [0.2, 0.25) is 0 Å². The number of phosphoric acid groups is 2. The molecule has 486 valence electrons. The molecule has 0 spiro atoms. The molecule has 0 aromatic carbocycles. The van der Waals surface area contributed by atoms with Crippen LogP contribution >= 0.6 is 15.6 Å². The fourth-order valence-electron chi connectivity index (χ4n) is 9.35. The third-order valence-electron chi connectivity index (χ3n) is 14.5. The van der Waals surface area contributed by atoms with Crippen molar-refractivity contribution in [1.82, 2.24) is 0 Å². The predicted octanol–water partition coefficient (Wildman–Crippen LogP) is 17.3. The molecule has 19 heteroatoms. The maximum Gasteiger partial charge on any atom is 0.472 e. The van der Waals surface area contributed by atoms with Crippen molar-refractivity contribution in [2.24, 2.45) is 11.8 Å². The van der Waals surface area contributed by atoms with E-state index in [1.165, 1.54) is 128 Å². The van der Waals surface area contributed by atoms with Gasteiger partial charge >= 0.3 is 39.5 Å². The van der Waals surface area contributed by atoms with E-state index in [-0.39, 0.29) is 25.7 Å². The van der Waals surface area contributed by atoms with E-state index >= 15 is 0 Å². The molecule has 3 N–H and O–H groups in total. The number of ether oxygens (including phenoxy) is 4. The number of hydrogen-bond donors (Lipinski definition) is 3. The molecule has 0 fully saturated rings. The Morgan fingerprint density at radius 2 is 0.561 bits per heavy atom. The zero-order valence-corrected chi connectivity index (χ0v) is 54.6. The highest BCUT2D eigenvalue weighted by atomic mass is 31.2. The summed E-state index contributed by atoms with van der Waals surface area (Å²) in [4.78, 5) is 72.1. The number of carbonyl (C=O) groups excluding carboxylic acids is 4. The molecule has 0 heterocycles. The number of aliphatic hydroxyl groups excluding tert-OH is 1. The van der Waals surface area contributed by atoms with E-state index < -0.39 is 97.5 Å². The SMILES string of the molecule is CCCCCCCCCCCCCC(=O)OC[C@H](COP(=O)(O)OC[C@@H](O)COP(=O)(O)OC[C@@H](COC(=O)CCCCCCCCCCC)OC(=O)CCCCCCCCC(C)C)OC(=O)CCCCCCCCCCCCC(C)C. The number of carbonyl (C=O) groups is 4. The Labute approximate surface area is 498 Å². The van der Waals surface area contributed by atoms with Gasteiger partial charge in [0.15, 0.2) is 12.2 Å². The van der Waals surface area contributed by atoms with E-state index in [0.717, 1.165) is 95.8 Å². The van der Waals surface area contributed by atoms with Crippen molar-refractivity contribution in [3.05, 3.63) is 0 Å². The van der Waals surface area contributed by atoms with E-state index in [1.807, 2.05) is 0 Å². The largest absolute Gasteiger partial charge is 0.472 e. The lowest BCUT2D eigenvalue weighted by Crippen LogP contribution is -2.30. The minimum Gasteiger partial charge on any atom is -0.462 e. The van der Waals surface area contributed by atoms with Crippen LogP contribution in [0.4, 0.5) is 0 Å². The Bertz CT molecular complexity index is 1620. The highest BCUT2D eigenvalue weighted by Gasteiger charge is 2.30. The van der Waals surface area contributed by atoms with Crippen molar-refractivity contribution in [1.29, 1.82) is 0 Å². The van der Waals surface area contributed by atoms with Crippen LogP contribution in [0.3, 0.4) is 0 Å². The number of esters is 4. The van der Waals surface area contributed by atoms with Crippen molar-refractivity contribution < 1.29 is 80.2 Å². The lowest BCUT2D eigenvalue weighted by Gasteiger charge is -2.21. The molecular formula is C63H122O17P2. The number of phosphoric ester groups is 2. The molecule has 0 radical (unpaired) electrons. The van der Waals surface area contributed by atoms with Gasteiger partial charge in [-0.1, -0.05) is 260 Å². The van der Waals surface area contributed by atoms with Gasteiger partial charge in [0, 0.05) is 25.7 Å². The summed E-state index contributed by atoms with van der Waals surface area (Å²) in [6, 6.07) is 0. The zero-order valence-electron chi connectivity index (χ0n) is 52.8. The van der Waals surface area contributed by atoms with Crippen LogP contribution in [0.25, 0.3) is 0 Å². The van der Waals surface area contributed by atoms with Crippen LogP contribution in [-0.2, 0) is 65.4 Å². The van der Waals surface area contributed by atoms with Crippen LogP contribution in [0.5, 0.6) is 0 Å². The van der Waals surface area contributed by atoms with Gasteiger partial charge in [0.05, 0.1) is 26.4 Å². The molecule has 2 unspecified atom stereocenters. The summed E-state index contributed by atoms with van der Waals surface area (Å²) in [5.74, 6) is -0.718. The Hall–Kier alpha value is -1.94. The first-order valence-electron chi connectivity index (χ1n) is 33.0. The fraction of sp³-hybridized carbons (Fsp3) is 0.937. The number of unbranched alkanes of at least 4 members (excludes halogenated alkanes) is 32. The molecule has 0 aliphatic carbocycles. The van der Waals surface area contributed by atoms with E-state index in [0.29, 0.717) is 31.6 Å². The standard InChI is InChI=1S/C63H122O17P2/c1-7-9-11-13-15-17-18-23-27-34-40-46-61(66)74-51-58(79-62(67)47-41-35-28-24-20-19-22-25-31-37-43-55(3)4)53-77-81(69,70)75-49-57(64)50-76-82(71,72)78-54-59(80-63(68)48-42-36-30-29-32-38-44-56(5)6)52-73-60(65)45-39-33-26-21-16-14-12-10-8-2/h55-59,64H,7-54H2,1-6H3,(H,69,70)(H,71,72)/t57-,58-,59-/m1/s1. The Balaban J connectivity index is 5.23. The molecule has 0 amide bonds. The summed E-state index contributed by atoms with van der Waals surface area (Å²) < 4.78 is 67.9. The molecule has 0 saturated heterocycles. The third-order valence-corrected chi connectivity index (χ3v) is 16.4. The minimum absolute atomic E-state index is 0.102. The van der Waals surface area contributed by atoms with E-state index in [4.69, 9.17) is 37.0 Å². The maximum absolute atomic E-state index is 13.0. The molecule has 0 aliphatic heterocycles. The van der Waals surface area contributed by atoms with Gasteiger partial charge in [0.25, 0.3) is 0 Å². The first-order valence-corrected chi connectivity index (χ1v) is 36.0. The third kappa shape index (κ3) is 57.2. The van der Waals surface area contributed by atoms with Crippen LogP contribution in [0, 0.1) is 11.8 Å². The predicted molar refractivity (Wildman–Crippen MR) is 326 cm³/mol. The van der Waals surface area contributed by atoms with Gasteiger partial charge in [-0.15, -0.1) is 0 Å². The van der Waals surface area contributed by atoms with Crippen molar-refractivity contribution in [2.75, 3.05) is 39.6 Å². The monoisotopic (exact) mass is 1210 g/mol. The van der Waals surface area contributed by atoms with Crippen molar-refractivity contribution in [3.8, 4) is 0 Å². The average molecular weight is 1210 g/mol. The molecule has 0 bridgehead atoms. The van der Waals surface area contributed by atoms with Crippen molar-refractivity contribution in [2.45, 2.75) is 330 Å². The smallest absolute Gasteiger partial charge is 0.462 e. The summed E-state index contributed by atoms with van der Waals surface area (Å²) in [5, 5.41) is 10.5. The Kier molecular flexibility index (Phi) is 54.3. The summed E-state index contributed by atoms with van der Waals surface area (Å²) in [6.07, 6.45) is 37.7. The van der Waals surface area contributed by atoms with Crippen molar-refractivity contribution >= 4 is 39.5 Å². The van der Waals surface area contributed by atoms with Crippen LogP contribution in [0.2, 0.25) is 0 Å². The fourth-order valence-corrected chi connectivity index (χ4v) is 10.9. The lowest BCUT2D eigenvalue weighted by molar-refractivity contribution is -0.161. The molecule has 0 saturated carbocycles. The van der Waals surface area contributed by atoms with Crippen LogP contribution in [0.1, 0.15) is 311 Å². The Morgan fingerprint density at radius 3 is 0.829 bits per heavy atom. The molecule has 82 heavy (non-hydrogen) atoms. The van der Waals surface area contributed by atoms with Crippen LogP contribution in [-0.4, -0.2) is 96.7 Å². The number of aliphatic hydroxyl groups is 1. The average Bonchev–Trinajstić information content (AvgIpc) is 3.43. The lowest BCUT2D eigenvalue weighted by atomic mass is 10.0. The van der Waals surface area contributed by atoms with Crippen molar-refractivity contribution in [3.63, 3.8) is 0 Å². The first kappa shape index (κ1) is 80.1. The van der Waals surface area contributed by atoms with Gasteiger partial charge in [-0.3, -0.25) is 37.3 Å². The van der Waals surface area contributed by atoms with Crippen LogP contribution in [0.15, 0.2) is 0 Å². The summed E-state index contributed by atoms with van der Waals surface area (Å²) in [5.41, 5.74) is 0. The molecule has 5 atom stereocenters. The quantitative estimate of drug-likeness (QED) is 0.0222. The summed E-state index contributed by atoms with van der Waals surface area (Å²) in [6.45, 7) is 9.37.